The molecule has 0 bridgehead atoms. The van der Waals surface area contributed by atoms with Crippen LogP contribution in [0.2, 0.25) is 0 Å². The molecule has 2 rings (SSSR count). The molecule has 10 heteroatoms. The third-order valence-electron chi connectivity index (χ3n) is 3.75. The van der Waals surface area contributed by atoms with Gasteiger partial charge in [0.25, 0.3) is 17.5 Å². The van der Waals surface area contributed by atoms with Crippen LogP contribution in [0.3, 0.4) is 0 Å². The fraction of sp³-hybridized carbons (Fsp3) is 0.235. The van der Waals surface area contributed by atoms with E-state index >= 15 is 0 Å². The van der Waals surface area contributed by atoms with Gasteiger partial charge in [0.2, 0.25) is 0 Å². The second-order valence-corrected chi connectivity index (χ2v) is 6.58. The number of carbonyl (C=O) groups is 3. The van der Waals surface area contributed by atoms with E-state index < -0.39 is 22.7 Å². The van der Waals surface area contributed by atoms with Gasteiger partial charge < -0.3 is 15.8 Å². The molecule has 0 saturated carbocycles. The molecule has 9 nitrogen and oxygen atoms in total. The van der Waals surface area contributed by atoms with Crippen LogP contribution < -0.4 is 11.1 Å². The number of aryl methyl sites for hydroxylation is 1. The molecule has 0 radical (unpaired) electrons. The number of primary amides is 1. The van der Waals surface area contributed by atoms with Crippen molar-refractivity contribution in [2.24, 2.45) is 5.73 Å². The van der Waals surface area contributed by atoms with E-state index in [9.17, 15) is 24.5 Å². The molecule has 3 N–H and O–H groups in total. The van der Waals surface area contributed by atoms with Crippen LogP contribution >= 0.6 is 11.3 Å². The summed E-state index contributed by atoms with van der Waals surface area (Å²) in [5.74, 6) is -2.11. The number of nitrogens with two attached hydrogens (primary N) is 1. The molecule has 2 aromatic rings. The number of nitrogens with one attached hydrogen (secondary N) is 1. The highest BCUT2D eigenvalue weighted by Crippen LogP contribution is 2.34. The summed E-state index contributed by atoms with van der Waals surface area (Å²) in [6, 6.07) is 4.02. The summed E-state index contributed by atoms with van der Waals surface area (Å²) >= 11 is 0.844. The molecule has 0 unspecified atom stereocenters. The van der Waals surface area contributed by atoms with Gasteiger partial charge in [0.05, 0.1) is 22.0 Å². The van der Waals surface area contributed by atoms with E-state index in [1.165, 1.54) is 19.1 Å². The van der Waals surface area contributed by atoms with Crippen molar-refractivity contribution in [2.45, 2.75) is 20.8 Å². The lowest BCUT2D eigenvalue weighted by Crippen LogP contribution is -2.15. The van der Waals surface area contributed by atoms with Crippen LogP contribution in [0.25, 0.3) is 0 Å². The first kappa shape index (κ1) is 20.0. The molecule has 142 valence electrons. The molecule has 2 amide bonds. The second kappa shape index (κ2) is 7.96. The molecule has 1 aromatic heterocycles. The van der Waals surface area contributed by atoms with E-state index in [-0.39, 0.29) is 33.3 Å². The lowest BCUT2D eigenvalue weighted by atomic mass is 10.1. The number of anilines is 1. The number of hydrogen-bond acceptors (Lipinski definition) is 7. The molecule has 27 heavy (non-hydrogen) atoms. The van der Waals surface area contributed by atoms with Gasteiger partial charge in [-0.05, 0) is 32.4 Å². The average molecular weight is 391 g/mol. The molecule has 0 atom stereocenters. The number of thiophene rings is 1. The number of hydrogen-bond donors (Lipinski definition) is 2. The topological polar surface area (TPSA) is 142 Å². The SMILES string of the molecule is CCOC(=O)c1c(NC(=O)c2ccc(C)c([N+](=O)[O-])c2)sc(C(N)=O)c1C. The number of ether oxygens (including phenoxy) is 1. The highest BCUT2D eigenvalue weighted by molar-refractivity contribution is 7.18. The van der Waals surface area contributed by atoms with Crippen molar-refractivity contribution in [1.82, 2.24) is 0 Å². The smallest absolute Gasteiger partial charge is 0.341 e. The van der Waals surface area contributed by atoms with Crippen LogP contribution in [-0.4, -0.2) is 29.3 Å². The third-order valence-corrected chi connectivity index (χ3v) is 4.97. The monoisotopic (exact) mass is 391 g/mol. The third kappa shape index (κ3) is 4.11. The predicted molar refractivity (Wildman–Crippen MR) is 99.3 cm³/mol. The van der Waals surface area contributed by atoms with Crippen molar-refractivity contribution in [3.05, 3.63) is 55.4 Å². The Morgan fingerprint density at radius 2 is 1.96 bits per heavy atom. The lowest BCUT2D eigenvalue weighted by Gasteiger charge is -2.07. The van der Waals surface area contributed by atoms with Gasteiger partial charge in [-0.25, -0.2) is 4.79 Å². The van der Waals surface area contributed by atoms with Gasteiger partial charge in [-0.1, -0.05) is 6.07 Å². The van der Waals surface area contributed by atoms with Gasteiger partial charge in [-0.15, -0.1) is 11.3 Å². The first-order chi connectivity index (χ1) is 12.7. The van der Waals surface area contributed by atoms with E-state index in [4.69, 9.17) is 10.5 Å². The van der Waals surface area contributed by atoms with Gasteiger partial charge in [0.15, 0.2) is 0 Å². The molecule has 0 aliphatic rings. The van der Waals surface area contributed by atoms with E-state index in [0.29, 0.717) is 11.1 Å². The van der Waals surface area contributed by atoms with Crippen LogP contribution in [0.1, 0.15) is 48.4 Å². The number of amides is 2. The number of nitro benzene ring substituents is 1. The second-order valence-electron chi connectivity index (χ2n) is 5.56. The van der Waals surface area contributed by atoms with Crippen molar-refractivity contribution in [3.8, 4) is 0 Å². The number of benzene rings is 1. The maximum atomic E-state index is 12.5. The van der Waals surface area contributed by atoms with Crippen molar-refractivity contribution in [1.29, 1.82) is 0 Å². The molecule has 0 aliphatic heterocycles. The Bertz CT molecular complexity index is 950. The normalized spacial score (nSPS) is 10.3. The Labute approximate surface area is 158 Å². The Morgan fingerprint density at radius 3 is 2.52 bits per heavy atom. The fourth-order valence-corrected chi connectivity index (χ4v) is 3.45. The summed E-state index contributed by atoms with van der Waals surface area (Å²) in [7, 11) is 0. The van der Waals surface area contributed by atoms with Gasteiger partial charge in [0, 0.05) is 17.2 Å². The van der Waals surface area contributed by atoms with Crippen molar-refractivity contribution >= 4 is 39.8 Å². The van der Waals surface area contributed by atoms with Gasteiger partial charge in [0.1, 0.15) is 5.00 Å². The zero-order chi connectivity index (χ0) is 20.3. The first-order valence-electron chi connectivity index (χ1n) is 7.84. The summed E-state index contributed by atoms with van der Waals surface area (Å²) in [5.41, 5.74) is 5.89. The zero-order valence-electron chi connectivity index (χ0n) is 14.8. The molecule has 0 spiro atoms. The Hall–Kier alpha value is -3.27. The minimum Gasteiger partial charge on any atom is -0.462 e. The number of rotatable bonds is 6. The zero-order valence-corrected chi connectivity index (χ0v) is 15.6. The van der Waals surface area contributed by atoms with Crippen LogP contribution in [0.4, 0.5) is 10.7 Å². The van der Waals surface area contributed by atoms with Crippen molar-refractivity contribution < 1.29 is 24.0 Å². The molecular formula is C17H17N3O6S. The highest BCUT2D eigenvalue weighted by Gasteiger charge is 2.26. The summed E-state index contributed by atoms with van der Waals surface area (Å²) < 4.78 is 4.97. The summed E-state index contributed by atoms with van der Waals surface area (Å²) in [6.45, 7) is 4.81. The number of nitrogens with zero attached hydrogens (tertiary/aromatic N) is 1. The first-order valence-corrected chi connectivity index (χ1v) is 8.65. The Morgan fingerprint density at radius 1 is 1.30 bits per heavy atom. The summed E-state index contributed by atoms with van der Waals surface area (Å²) in [5, 5.41) is 13.7. The quantitative estimate of drug-likeness (QED) is 0.440. The van der Waals surface area contributed by atoms with E-state index in [2.05, 4.69) is 5.32 Å². The molecule has 0 saturated heterocycles. The molecule has 1 heterocycles. The molecule has 0 fully saturated rings. The molecular weight excluding hydrogens is 374 g/mol. The van der Waals surface area contributed by atoms with Gasteiger partial charge >= 0.3 is 5.97 Å². The van der Waals surface area contributed by atoms with E-state index in [1.807, 2.05) is 0 Å². The maximum Gasteiger partial charge on any atom is 0.341 e. The Kier molecular flexibility index (Phi) is 5.91. The predicted octanol–water partition coefficient (Wildman–Crippen LogP) is 2.80. The molecule has 1 aromatic carbocycles. The van der Waals surface area contributed by atoms with E-state index in [1.54, 1.807) is 13.8 Å². The highest BCUT2D eigenvalue weighted by atomic mass is 32.1. The number of esters is 1. The minimum atomic E-state index is -0.741. The number of nitro groups is 1. The lowest BCUT2D eigenvalue weighted by molar-refractivity contribution is -0.385. The van der Waals surface area contributed by atoms with Crippen LogP contribution in [-0.2, 0) is 4.74 Å². The van der Waals surface area contributed by atoms with Crippen LogP contribution in [0, 0.1) is 24.0 Å². The van der Waals surface area contributed by atoms with Crippen molar-refractivity contribution in [3.63, 3.8) is 0 Å². The summed E-state index contributed by atoms with van der Waals surface area (Å²) in [4.78, 5) is 46.9. The standard InChI is InChI=1S/C17H17N3O6S/c1-4-26-17(23)12-9(3)13(14(18)21)27-16(12)19-15(22)10-6-5-8(2)11(7-10)20(24)25/h5-7H,4H2,1-3H3,(H2,18,21)(H,19,22). The van der Waals surface area contributed by atoms with E-state index in [0.717, 1.165) is 17.4 Å². The maximum absolute atomic E-state index is 12.5. The fourth-order valence-electron chi connectivity index (χ4n) is 2.41. The largest absolute Gasteiger partial charge is 0.462 e. The van der Waals surface area contributed by atoms with Gasteiger partial charge in [-0.3, -0.25) is 19.7 Å². The number of carbonyl (C=O) groups excluding carboxylic acids is 3. The molecule has 0 aliphatic carbocycles. The van der Waals surface area contributed by atoms with Crippen LogP contribution in [0.5, 0.6) is 0 Å². The van der Waals surface area contributed by atoms with Crippen molar-refractivity contribution in [2.75, 3.05) is 11.9 Å². The summed E-state index contributed by atoms with van der Waals surface area (Å²) in [6.07, 6.45) is 0. The van der Waals surface area contributed by atoms with Gasteiger partial charge in [-0.2, -0.15) is 0 Å². The average Bonchev–Trinajstić information content (AvgIpc) is 2.91. The minimum absolute atomic E-state index is 0.0330. The Balaban J connectivity index is 2.44. The van der Waals surface area contributed by atoms with Crippen LogP contribution in [0.15, 0.2) is 18.2 Å².